The van der Waals surface area contributed by atoms with Crippen LogP contribution >= 0.6 is 0 Å². The molecule has 0 spiro atoms. The SMILES string of the molecule is CN1CC[C@]23CC(=O)[C@@H](CC(=O)NCCCO)C[C@@]2(O)[C@H]1Cc1ccc(O)cc13. The van der Waals surface area contributed by atoms with E-state index in [0.29, 0.717) is 25.8 Å². The molecule has 1 aromatic carbocycles. The van der Waals surface area contributed by atoms with Gasteiger partial charge in [0.05, 0.1) is 5.60 Å². The molecule has 1 aliphatic heterocycles. The highest BCUT2D eigenvalue weighted by Crippen LogP contribution is 2.58. The van der Waals surface area contributed by atoms with E-state index in [1.807, 2.05) is 13.1 Å². The van der Waals surface area contributed by atoms with Crippen LogP contribution in [0.4, 0.5) is 0 Å². The van der Waals surface area contributed by atoms with Gasteiger partial charge in [0.25, 0.3) is 0 Å². The number of carbonyl (C=O) groups excluding carboxylic acids is 2. The quantitative estimate of drug-likeness (QED) is 0.534. The highest BCUT2D eigenvalue weighted by atomic mass is 16.3. The molecule has 1 amide bonds. The average molecular weight is 402 g/mol. The summed E-state index contributed by atoms with van der Waals surface area (Å²) in [4.78, 5) is 27.6. The number of likely N-dealkylation sites (N-methyl/N-ethyl adjacent to an activating group) is 1. The number of hydrogen-bond acceptors (Lipinski definition) is 6. The van der Waals surface area contributed by atoms with Gasteiger partial charge in [0.2, 0.25) is 5.91 Å². The lowest BCUT2D eigenvalue weighted by Gasteiger charge is -2.63. The van der Waals surface area contributed by atoms with Crippen LogP contribution in [0.1, 0.15) is 43.2 Å². The minimum absolute atomic E-state index is 0.00514. The van der Waals surface area contributed by atoms with E-state index < -0.39 is 16.9 Å². The highest BCUT2D eigenvalue weighted by molar-refractivity contribution is 5.89. The summed E-state index contributed by atoms with van der Waals surface area (Å²) in [5, 5.41) is 33.7. The first-order valence-electron chi connectivity index (χ1n) is 10.5. The molecule has 29 heavy (non-hydrogen) atoms. The van der Waals surface area contributed by atoms with Crippen molar-refractivity contribution in [2.24, 2.45) is 5.92 Å². The van der Waals surface area contributed by atoms with Crippen LogP contribution in [0, 0.1) is 5.92 Å². The number of fused-ring (bicyclic) bond motifs is 1. The summed E-state index contributed by atoms with van der Waals surface area (Å²) in [5.41, 5.74) is 0.142. The van der Waals surface area contributed by atoms with Crippen molar-refractivity contribution in [2.45, 2.75) is 55.6 Å². The molecule has 1 heterocycles. The Hall–Kier alpha value is -1.96. The third-order valence-corrected chi connectivity index (χ3v) is 7.40. The Balaban J connectivity index is 1.66. The van der Waals surface area contributed by atoms with Gasteiger partial charge in [0.15, 0.2) is 0 Å². The number of aromatic hydroxyl groups is 1. The fraction of sp³-hybridized carbons (Fsp3) is 0.636. The number of piperidine rings is 1. The summed E-state index contributed by atoms with van der Waals surface area (Å²) in [6.45, 7) is 1.16. The van der Waals surface area contributed by atoms with Crippen LogP contribution in [0.25, 0.3) is 0 Å². The number of amides is 1. The van der Waals surface area contributed by atoms with Gasteiger partial charge in [-0.3, -0.25) is 9.59 Å². The maximum atomic E-state index is 13.1. The number of nitrogens with one attached hydrogen (secondary N) is 1. The molecule has 4 atom stereocenters. The van der Waals surface area contributed by atoms with Crippen molar-refractivity contribution in [3.05, 3.63) is 29.3 Å². The highest BCUT2D eigenvalue weighted by Gasteiger charge is 2.65. The number of nitrogens with zero attached hydrogens (tertiary/aromatic N) is 1. The first-order valence-corrected chi connectivity index (χ1v) is 10.5. The van der Waals surface area contributed by atoms with Crippen LogP contribution < -0.4 is 5.32 Å². The second kappa shape index (κ2) is 7.38. The van der Waals surface area contributed by atoms with E-state index in [1.54, 1.807) is 12.1 Å². The second-order valence-electron chi connectivity index (χ2n) is 8.97. The lowest BCUT2D eigenvalue weighted by atomic mass is 9.47. The number of phenolic OH excluding ortho intramolecular Hbond substituents is 1. The van der Waals surface area contributed by atoms with Gasteiger partial charge in [-0.15, -0.1) is 0 Å². The standard InChI is InChI=1S/C22H30N2O5/c1-24-7-5-21-13-18(27)15(10-20(28)23-6-2-8-25)12-22(21,29)19(24)9-14-3-4-16(26)11-17(14)21/h3-4,11,15,19,25-26,29H,2,5-10,12-13H2,1H3,(H,23,28)/t15-,19+,21+,22+/m0/s1. The third kappa shape index (κ3) is 3.16. The number of Topliss-reactive ketones (excluding diaryl/α,β-unsaturated/α-hetero) is 1. The summed E-state index contributed by atoms with van der Waals surface area (Å²) in [6.07, 6.45) is 2.29. The molecule has 1 aromatic rings. The topological polar surface area (TPSA) is 110 Å². The largest absolute Gasteiger partial charge is 0.508 e. The van der Waals surface area contributed by atoms with Crippen molar-refractivity contribution in [1.82, 2.24) is 10.2 Å². The lowest BCUT2D eigenvalue weighted by molar-refractivity contribution is -0.179. The Labute approximate surface area is 170 Å². The van der Waals surface area contributed by atoms with E-state index >= 15 is 0 Å². The summed E-state index contributed by atoms with van der Waals surface area (Å²) in [6, 6.07) is 5.17. The zero-order chi connectivity index (χ0) is 20.8. The van der Waals surface area contributed by atoms with Crippen molar-refractivity contribution in [3.8, 4) is 5.75 Å². The minimum Gasteiger partial charge on any atom is -0.508 e. The van der Waals surface area contributed by atoms with Gasteiger partial charge >= 0.3 is 0 Å². The molecule has 158 valence electrons. The van der Waals surface area contributed by atoms with Crippen LogP contribution in [0.2, 0.25) is 0 Å². The molecular weight excluding hydrogens is 372 g/mol. The van der Waals surface area contributed by atoms with Crippen molar-refractivity contribution in [1.29, 1.82) is 0 Å². The van der Waals surface area contributed by atoms with Crippen molar-refractivity contribution in [2.75, 3.05) is 26.7 Å². The van der Waals surface area contributed by atoms with Crippen LogP contribution in [0.15, 0.2) is 18.2 Å². The van der Waals surface area contributed by atoms with E-state index in [4.69, 9.17) is 5.11 Å². The van der Waals surface area contributed by atoms with Gasteiger partial charge in [-0.25, -0.2) is 0 Å². The fourth-order valence-electron chi connectivity index (χ4n) is 5.90. The first kappa shape index (κ1) is 20.3. The van der Waals surface area contributed by atoms with Gasteiger partial charge in [0.1, 0.15) is 11.5 Å². The number of rotatable bonds is 5. The Morgan fingerprint density at radius 3 is 2.93 bits per heavy atom. The maximum Gasteiger partial charge on any atom is 0.220 e. The number of aliphatic hydroxyl groups is 2. The number of benzene rings is 1. The minimum atomic E-state index is -1.12. The summed E-state index contributed by atoms with van der Waals surface area (Å²) in [7, 11) is 2.00. The number of ketones is 1. The molecule has 4 rings (SSSR count). The molecule has 1 saturated heterocycles. The number of carbonyl (C=O) groups is 2. The molecule has 2 fully saturated rings. The molecule has 2 bridgehead atoms. The summed E-state index contributed by atoms with van der Waals surface area (Å²) >= 11 is 0. The molecule has 0 radical (unpaired) electrons. The van der Waals surface area contributed by atoms with Crippen molar-refractivity contribution >= 4 is 11.7 Å². The van der Waals surface area contributed by atoms with Crippen molar-refractivity contribution in [3.63, 3.8) is 0 Å². The third-order valence-electron chi connectivity index (χ3n) is 7.40. The van der Waals surface area contributed by atoms with Gasteiger partial charge < -0.3 is 25.5 Å². The van der Waals surface area contributed by atoms with Crippen LogP contribution in [-0.2, 0) is 21.4 Å². The Morgan fingerprint density at radius 2 is 2.17 bits per heavy atom. The lowest BCUT2D eigenvalue weighted by Crippen LogP contribution is -2.73. The smallest absolute Gasteiger partial charge is 0.220 e. The van der Waals surface area contributed by atoms with Gasteiger partial charge in [-0.1, -0.05) is 6.07 Å². The molecular formula is C22H30N2O5. The van der Waals surface area contributed by atoms with E-state index in [-0.39, 0.29) is 49.4 Å². The predicted octanol–water partition coefficient (Wildman–Crippen LogP) is 0.489. The number of likely N-dealkylation sites (tertiary alicyclic amines) is 1. The molecule has 0 aromatic heterocycles. The van der Waals surface area contributed by atoms with E-state index in [9.17, 15) is 19.8 Å². The van der Waals surface area contributed by atoms with E-state index in [0.717, 1.165) is 17.7 Å². The van der Waals surface area contributed by atoms with Gasteiger partial charge in [0, 0.05) is 43.4 Å². The zero-order valence-corrected chi connectivity index (χ0v) is 16.9. The Morgan fingerprint density at radius 1 is 1.38 bits per heavy atom. The van der Waals surface area contributed by atoms with Crippen molar-refractivity contribution < 1.29 is 24.9 Å². The molecule has 0 unspecified atom stereocenters. The Bertz CT molecular complexity index is 827. The molecule has 7 heteroatoms. The number of hydrogen-bond donors (Lipinski definition) is 4. The van der Waals surface area contributed by atoms with Crippen LogP contribution in [0.3, 0.4) is 0 Å². The summed E-state index contributed by atoms with van der Waals surface area (Å²) < 4.78 is 0. The van der Waals surface area contributed by atoms with Crippen LogP contribution in [-0.4, -0.2) is 70.3 Å². The molecule has 1 saturated carbocycles. The zero-order valence-electron chi connectivity index (χ0n) is 16.9. The number of aliphatic hydroxyl groups excluding tert-OH is 1. The second-order valence-corrected chi connectivity index (χ2v) is 8.97. The average Bonchev–Trinajstić information content (AvgIpc) is 2.67. The molecule has 7 nitrogen and oxygen atoms in total. The van der Waals surface area contributed by atoms with Gasteiger partial charge in [-0.2, -0.15) is 0 Å². The molecule has 4 N–H and O–H groups in total. The molecule has 3 aliphatic rings. The first-order chi connectivity index (χ1) is 13.8. The monoisotopic (exact) mass is 402 g/mol. The van der Waals surface area contributed by atoms with E-state index in [1.165, 1.54) is 0 Å². The predicted molar refractivity (Wildman–Crippen MR) is 107 cm³/mol. The van der Waals surface area contributed by atoms with Gasteiger partial charge in [-0.05, 0) is 62.5 Å². The van der Waals surface area contributed by atoms with E-state index in [2.05, 4.69) is 10.2 Å². The Kier molecular flexibility index (Phi) is 5.17. The number of phenols is 1. The summed E-state index contributed by atoms with van der Waals surface area (Å²) in [5.74, 6) is -0.582. The maximum absolute atomic E-state index is 13.1. The van der Waals surface area contributed by atoms with Crippen LogP contribution in [0.5, 0.6) is 5.75 Å². The normalized spacial score (nSPS) is 33.7. The molecule has 2 aliphatic carbocycles. The fourth-order valence-corrected chi connectivity index (χ4v) is 5.90.